The lowest BCUT2D eigenvalue weighted by Gasteiger charge is -2.38. The number of amides is 1. The van der Waals surface area contributed by atoms with Gasteiger partial charge in [-0.1, -0.05) is 18.6 Å². The molecule has 1 aromatic carbocycles. The lowest BCUT2D eigenvalue weighted by molar-refractivity contribution is 0.100. The van der Waals surface area contributed by atoms with E-state index in [0.29, 0.717) is 17.5 Å². The molecule has 1 saturated carbocycles. The van der Waals surface area contributed by atoms with Crippen LogP contribution in [0.25, 0.3) is 0 Å². The summed E-state index contributed by atoms with van der Waals surface area (Å²) in [6.45, 7) is 2.93. The zero-order chi connectivity index (χ0) is 15.6. The van der Waals surface area contributed by atoms with E-state index in [4.69, 9.17) is 5.73 Å². The van der Waals surface area contributed by atoms with Gasteiger partial charge in [-0.15, -0.1) is 24.0 Å². The van der Waals surface area contributed by atoms with E-state index in [2.05, 4.69) is 15.2 Å². The maximum atomic E-state index is 11.1. The number of nitrogens with two attached hydrogens (primary N) is 1. The summed E-state index contributed by atoms with van der Waals surface area (Å²) in [6, 6.07) is 7.39. The van der Waals surface area contributed by atoms with E-state index in [9.17, 15) is 4.79 Å². The molecule has 0 bridgehead atoms. The van der Waals surface area contributed by atoms with Crippen LogP contribution < -0.4 is 11.1 Å². The molecule has 6 heteroatoms. The van der Waals surface area contributed by atoms with Gasteiger partial charge in [0.2, 0.25) is 5.91 Å². The molecule has 3 N–H and O–H groups in total. The highest BCUT2D eigenvalue weighted by molar-refractivity contribution is 14.0. The first-order chi connectivity index (χ1) is 10.6. The Kier molecular flexibility index (Phi) is 5.89. The monoisotopic (exact) mass is 428 g/mol. The van der Waals surface area contributed by atoms with Gasteiger partial charge in [-0.2, -0.15) is 0 Å². The molecule has 23 heavy (non-hydrogen) atoms. The van der Waals surface area contributed by atoms with Crippen LogP contribution in [0.2, 0.25) is 0 Å². The molecule has 1 heterocycles. The minimum Gasteiger partial charge on any atom is -0.366 e. The third-order valence-electron chi connectivity index (χ3n) is 5.05. The maximum absolute atomic E-state index is 11.1. The zero-order valence-electron chi connectivity index (χ0n) is 13.5. The van der Waals surface area contributed by atoms with Gasteiger partial charge in [-0.3, -0.25) is 9.79 Å². The molecule has 0 radical (unpaired) electrons. The Morgan fingerprint density at radius 1 is 1.30 bits per heavy atom. The van der Waals surface area contributed by atoms with Crippen LogP contribution in [0.1, 0.15) is 41.6 Å². The van der Waals surface area contributed by atoms with Crippen LogP contribution in [0.4, 0.5) is 0 Å². The van der Waals surface area contributed by atoms with Gasteiger partial charge in [0.1, 0.15) is 0 Å². The normalized spacial score (nSPS) is 19.2. The van der Waals surface area contributed by atoms with Gasteiger partial charge < -0.3 is 16.0 Å². The summed E-state index contributed by atoms with van der Waals surface area (Å²) in [5.74, 6) is 0.584. The number of guanidine groups is 1. The van der Waals surface area contributed by atoms with E-state index in [1.165, 1.54) is 25.7 Å². The van der Waals surface area contributed by atoms with Gasteiger partial charge in [0, 0.05) is 32.2 Å². The van der Waals surface area contributed by atoms with Gasteiger partial charge in [0.05, 0.1) is 0 Å². The molecule has 0 atom stereocenters. The number of nitrogens with one attached hydrogen (secondary N) is 1. The van der Waals surface area contributed by atoms with Crippen LogP contribution in [-0.4, -0.2) is 36.9 Å². The van der Waals surface area contributed by atoms with E-state index >= 15 is 0 Å². The van der Waals surface area contributed by atoms with Crippen molar-refractivity contribution in [2.24, 2.45) is 16.1 Å². The summed E-state index contributed by atoms with van der Waals surface area (Å²) in [5, 5.41) is 3.42. The molecular weight excluding hydrogens is 403 g/mol. The van der Waals surface area contributed by atoms with Crippen molar-refractivity contribution in [2.45, 2.75) is 32.2 Å². The van der Waals surface area contributed by atoms with Gasteiger partial charge >= 0.3 is 0 Å². The van der Waals surface area contributed by atoms with Gasteiger partial charge in [0.15, 0.2) is 5.96 Å². The molecule has 1 aliphatic heterocycles. The SMILES string of the molecule is CN=C(NCc1ccc(C(N)=O)cc1)N1CCC2(CCC2)C1.I. The Morgan fingerprint density at radius 3 is 2.48 bits per heavy atom. The van der Waals surface area contributed by atoms with E-state index in [0.717, 1.165) is 24.6 Å². The molecule has 2 fully saturated rings. The number of aliphatic imine (C=N–C) groups is 1. The number of hydrogen-bond donors (Lipinski definition) is 2. The van der Waals surface area contributed by atoms with Crippen molar-refractivity contribution in [3.8, 4) is 0 Å². The van der Waals surface area contributed by atoms with Crippen molar-refractivity contribution < 1.29 is 4.79 Å². The molecule has 1 amide bonds. The van der Waals surface area contributed by atoms with Gasteiger partial charge in [-0.25, -0.2) is 0 Å². The maximum Gasteiger partial charge on any atom is 0.248 e. The third-order valence-corrected chi connectivity index (χ3v) is 5.05. The molecule has 1 saturated heterocycles. The number of hydrogen-bond acceptors (Lipinski definition) is 2. The standard InChI is InChI=1S/C17H24N4O.HI/c1-19-16(21-10-9-17(12-21)7-2-8-17)20-11-13-3-5-14(6-4-13)15(18)22;/h3-6H,2,7-12H2,1H3,(H2,18,22)(H,19,20);1H. The first kappa shape index (κ1) is 18.0. The smallest absolute Gasteiger partial charge is 0.248 e. The highest BCUT2D eigenvalue weighted by Gasteiger charge is 2.43. The summed E-state index contributed by atoms with van der Waals surface area (Å²) in [4.78, 5) is 17.9. The summed E-state index contributed by atoms with van der Waals surface area (Å²) in [5.41, 5.74) is 7.48. The number of rotatable bonds is 3. The van der Waals surface area contributed by atoms with Gasteiger partial charge in [0.25, 0.3) is 0 Å². The topological polar surface area (TPSA) is 70.7 Å². The lowest BCUT2D eigenvalue weighted by atomic mass is 9.68. The van der Waals surface area contributed by atoms with Crippen molar-refractivity contribution in [3.63, 3.8) is 0 Å². The Bertz CT molecular complexity index is 581. The minimum atomic E-state index is -0.391. The Balaban J connectivity index is 0.00000192. The fraction of sp³-hybridized carbons (Fsp3) is 0.529. The van der Waals surface area contributed by atoms with Crippen LogP contribution in [0, 0.1) is 5.41 Å². The van der Waals surface area contributed by atoms with Crippen LogP contribution in [-0.2, 0) is 6.54 Å². The van der Waals surface area contributed by atoms with E-state index in [1.54, 1.807) is 12.1 Å². The van der Waals surface area contributed by atoms with Crippen LogP contribution in [0.5, 0.6) is 0 Å². The average Bonchev–Trinajstić information content (AvgIpc) is 2.94. The van der Waals surface area contributed by atoms with Crippen molar-refractivity contribution >= 4 is 35.8 Å². The van der Waals surface area contributed by atoms with E-state index in [1.807, 2.05) is 19.2 Å². The molecule has 1 aliphatic carbocycles. The number of nitrogens with zero attached hydrogens (tertiary/aromatic N) is 2. The molecule has 5 nitrogen and oxygen atoms in total. The fourth-order valence-corrected chi connectivity index (χ4v) is 3.50. The van der Waals surface area contributed by atoms with Gasteiger partial charge in [-0.05, 0) is 42.4 Å². The number of halogens is 1. The molecular formula is C17H25IN4O. The van der Waals surface area contributed by atoms with Crippen molar-refractivity contribution in [1.29, 1.82) is 0 Å². The molecule has 2 aliphatic rings. The summed E-state index contributed by atoms with van der Waals surface area (Å²) >= 11 is 0. The fourth-order valence-electron chi connectivity index (χ4n) is 3.50. The van der Waals surface area contributed by atoms with Crippen LogP contribution in [0.15, 0.2) is 29.3 Å². The Morgan fingerprint density at radius 2 is 2.00 bits per heavy atom. The number of carbonyl (C=O) groups excluding carboxylic acids is 1. The Hall–Kier alpha value is -1.31. The second-order valence-electron chi connectivity index (χ2n) is 6.49. The summed E-state index contributed by atoms with van der Waals surface area (Å²) in [7, 11) is 1.84. The van der Waals surface area contributed by atoms with Crippen molar-refractivity contribution in [2.75, 3.05) is 20.1 Å². The average molecular weight is 428 g/mol. The first-order valence-corrected chi connectivity index (χ1v) is 7.96. The largest absolute Gasteiger partial charge is 0.366 e. The highest BCUT2D eigenvalue weighted by atomic mass is 127. The first-order valence-electron chi connectivity index (χ1n) is 7.96. The highest BCUT2D eigenvalue weighted by Crippen LogP contribution is 2.47. The third kappa shape index (κ3) is 3.97. The lowest BCUT2D eigenvalue weighted by Crippen LogP contribution is -2.42. The van der Waals surface area contributed by atoms with E-state index in [-0.39, 0.29) is 24.0 Å². The predicted octanol–water partition coefficient (Wildman–Crippen LogP) is 2.35. The number of carbonyl (C=O) groups is 1. The van der Waals surface area contributed by atoms with Crippen LogP contribution in [0.3, 0.4) is 0 Å². The van der Waals surface area contributed by atoms with Crippen molar-refractivity contribution in [3.05, 3.63) is 35.4 Å². The summed E-state index contributed by atoms with van der Waals surface area (Å²) < 4.78 is 0. The molecule has 1 spiro atoms. The Labute approximate surface area is 154 Å². The molecule has 0 aromatic heterocycles. The molecule has 1 aromatic rings. The number of likely N-dealkylation sites (tertiary alicyclic amines) is 1. The molecule has 126 valence electrons. The number of primary amides is 1. The minimum absolute atomic E-state index is 0. The second kappa shape index (κ2) is 7.51. The summed E-state index contributed by atoms with van der Waals surface area (Å²) in [6.07, 6.45) is 5.41. The zero-order valence-corrected chi connectivity index (χ0v) is 15.9. The quantitative estimate of drug-likeness (QED) is 0.441. The van der Waals surface area contributed by atoms with Crippen LogP contribution >= 0.6 is 24.0 Å². The molecule has 3 rings (SSSR count). The van der Waals surface area contributed by atoms with Crippen molar-refractivity contribution in [1.82, 2.24) is 10.2 Å². The number of benzene rings is 1. The molecule has 0 unspecified atom stereocenters. The van der Waals surface area contributed by atoms with E-state index < -0.39 is 5.91 Å². The second-order valence-corrected chi connectivity index (χ2v) is 6.49. The predicted molar refractivity (Wildman–Crippen MR) is 103 cm³/mol.